The molecule has 3 rings (SSSR count). The number of thiazole rings is 1. The van der Waals surface area contributed by atoms with Crippen molar-refractivity contribution in [2.45, 2.75) is 20.4 Å². The SMILES string of the molecule is COCCn1c(=NC(=O)COc2ccc(Cl)cc2)sc2cc(C)cc(C)c21. The van der Waals surface area contributed by atoms with Crippen molar-refractivity contribution in [1.29, 1.82) is 0 Å². The van der Waals surface area contributed by atoms with Gasteiger partial charge in [-0.25, -0.2) is 0 Å². The normalized spacial score (nSPS) is 11.9. The number of carbonyl (C=O) groups is 1. The third-order valence-corrected chi connectivity index (χ3v) is 5.30. The molecule has 0 saturated heterocycles. The number of aryl methyl sites for hydroxylation is 2. The molecule has 0 atom stereocenters. The number of benzene rings is 2. The monoisotopic (exact) mass is 404 g/mol. The van der Waals surface area contributed by atoms with Crippen molar-refractivity contribution >= 4 is 39.1 Å². The summed E-state index contributed by atoms with van der Waals surface area (Å²) in [4.78, 5) is 17.3. The van der Waals surface area contributed by atoms with E-state index in [2.05, 4.69) is 31.0 Å². The Hall–Kier alpha value is -2.15. The van der Waals surface area contributed by atoms with E-state index in [1.54, 1.807) is 31.4 Å². The molecule has 1 heterocycles. The minimum absolute atomic E-state index is 0.127. The average Bonchev–Trinajstić information content (AvgIpc) is 2.96. The zero-order valence-corrected chi connectivity index (χ0v) is 17.1. The van der Waals surface area contributed by atoms with E-state index >= 15 is 0 Å². The lowest BCUT2D eigenvalue weighted by Gasteiger charge is -2.07. The highest BCUT2D eigenvalue weighted by Gasteiger charge is 2.11. The maximum atomic E-state index is 12.4. The van der Waals surface area contributed by atoms with Gasteiger partial charge in [0.2, 0.25) is 0 Å². The van der Waals surface area contributed by atoms with Crippen molar-refractivity contribution in [3.8, 4) is 5.75 Å². The van der Waals surface area contributed by atoms with Gasteiger partial charge in [0, 0.05) is 18.7 Å². The summed E-state index contributed by atoms with van der Waals surface area (Å²) < 4.78 is 13.9. The molecule has 2 aromatic carbocycles. The van der Waals surface area contributed by atoms with E-state index in [1.807, 2.05) is 4.57 Å². The Morgan fingerprint density at radius 2 is 1.96 bits per heavy atom. The van der Waals surface area contributed by atoms with E-state index in [4.69, 9.17) is 21.1 Å². The maximum absolute atomic E-state index is 12.4. The minimum Gasteiger partial charge on any atom is -0.484 e. The van der Waals surface area contributed by atoms with Crippen LogP contribution in [0.3, 0.4) is 0 Å². The molecule has 7 heteroatoms. The largest absolute Gasteiger partial charge is 0.484 e. The number of hydrogen-bond acceptors (Lipinski definition) is 4. The van der Waals surface area contributed by atoms with Crippen LogP contribution in [0, 0.1) is 13.8 Å². The average molecular weight is 405 g/mol. The Morgan fingerprint density at radius 1 is 1.22 bits per heavy atom. The summed E-state index contributed by atoms with van der Waals surface area (Å²) in [6.45, 7) is 5.18. The van der Waals surface area contributed by atoms with Gasteiger partial charge in [-0.2, -0.15) is 4.99 Å². The summed E-state index contributed by atoms with van der Waals surface area (Å²) in [5.74, 6) is 0.245. The number of rotatable bonds is 6. The molecule has 0 aliphatic carbocycles. The van der Waals surface area contributed by atoms with Gasteiger partial charge in [-0.1, -0.05) is 29.0 Å². The first-order valence-corrected chi connectivity index (χ1v) is 9.73. The topological polar surface area (TPSA) is 52.8 Å². The van der Waals surface area contributed by atoms with Crippen molar-refractivity contribution in [3.63, 3.8) is 0 Å². The van der Waals surface area contributed by atoms with E-state index < -0.39 is 0 Å². The van der Waals surface area contributed by atoms with Crippen molar-refractivity contribution in [2.24, 2.45) is 4.99 Å². The predicted octanol–water partition coefficient (Wildman–Crippen LogP) is 4.13. The first-order valence-electron chi connectivity index (χ1n) is 8.53. The Labute approximate surface area is 166 Å². The van der Waals surface area contributed by atoms with Crippen LogP contribution in [-0.4, -0.2) is 30.8 Å². The number of hydrogen-bond donors (Lipinski definition) is 0. The molecule has 0 aliphatic heterocycles. The molecule has 3 aromatic rings. The number of amides is 1. The summed E-state index contributed by atoms with van der Waals surface area (Å²) >= 11 is 7.35. The van der Waals surface area contributed by atoms with Crippen LogP contribution >= 0.6 is 22.9 Å². The number of ether oxygens (including phenoxy) is 2. The molecule has 0 fully saturated rings. The number of aromatic nitrogens is 1. The van der Waals surface area contributed by atoms with E-state index in [0.717, 1.165) is 15.8 Å². The molecule has 142 valence electrons. The number of methoxy groups -OCH3 is 1. The zero-order valence-electron chi connectivity index (χ0n) is 15.5. The summed E-state index contributed by atoms with van der Waals surface area (Å²) in [6, 6.07) is 11.1. The molecule has 0 unspecified atom stereocenters. The molecule has 0 N–H and O–H groups in total. The molecule has 0 saturated carbocycles. The van der Waals surface area contributed by atoms with Crippen molar-refractivity contribution in [2.75, 3.05) is 20.3 Å². The summed E-state index contributed by atoms with van der Waals surface area (Å²) in [5.41, 5.74) is 3.43. The van der Waals surface area contributed by atoms with Crippen LogP contribution in [-0.2, 0) is 16.1 Å². The molecular weight excluding hydrogens is 384 g/mol. The number of halogens is 1. The lowest BCUT2D eigenvalue weighted by molar-refractivity contribution is -0.120. The van der Waals surface area contributed by atoms with Crippen LogP contribution in [0.5, 0.6) is 5.75 Å². The van der Waals surface area contributed by atoms with Crippen LogP contribution in [0.1, 0.15) is 11.1 Å². The van der Waals surface area contributed by atoms with E-state index in [9.17, 15) is 4.79 Å². The van der Waals surface area contributed by atoms with Gasteiger partial charge in [-0.05, 0) is 55.3 Å². The van der Waals surface area contributed by atoms with Gasteiger partial charge in [-0.15, -0.1) is 0 Å². The van der Waals surface area contributed by atoms with Crippen LogP contribution < -0.4 is 9.54 Å². The lowest BCUT2D eigenvalue weighted by atomic mass is 10.1. The number of nitrogens with zero attached hydrogens (tertiary/aromatic N) is 2. The van der Waals surface area contributed by atoms with Crippen LogP contribution in [0.4, 0.5) is 0 Å². The second-order valence-corrected chi connectivity index (χ2v) is 7.65. The Bertz CT molecular complexity index is 1020. The van der Waals surface area contributed by atoms with Gasteiger partial charge in [0.15, 0.2) is 11.4 Å². The van der Waals surface area contributed by atoms with Gasteiger partial charge in [0.25, 0.3) is 5.91 Å². The Kier molecular flexibility index (Phi) is 6.31. The fourth-order valence-electron chi connectivity index (χ4n) is 2.88. The Balaban J connectivity index is 1.90. The fraction of sp³-hybridized carbons (Fsp3) is 0.300. The van der Waals surface area contributed by atoms with Crippen molar-refractivity contribution < 1.29 is 14.3 Å². The van der Waals surface area contributed by atoms with E-state index in [-0.39, 0.29) is 12.5 Å². The van der Waals surface area contributed by atoms with Gasteiger partial charge < -0.3 is 14.0 Å². The van der Waals surface area contributed by atoms with Crippen LogP contribution in [0.15, 0.2) is 41.4 Å². The fourth-order valence-corrected chi connectivity index (χ4v) is 4.26. The molecule has 5 nitrogen and oxygen atoms in total. The maximum Gasteiger partial charge on any atom is 0.286 e. The molecule has 0 bridgehead atoms. The van der Waals surface area contributed by atoms with Crippen molar-refractivity contribution in [1.82, 2.24) is 4.57 Å². The third kappa shape index (κ3) is 4.77. The highest BCUT2D eigenvalue weighted by atomic mass is 35.5. The second kappa shape index (κ2) is 8.69. The van der Waals surface area contributed by atoms with Gasteiger partial charge in [0.1, 0.15) is 5.75 Å². The highest BCUT2D eigenvalue weighted by Crippen LogP contribution is 2.23. The van der Waals surface area contributed by atoms with Crippen molar-refractivity contribution in [3.05, 3.63) is 57.3 Å². The van der Waals surface area contributed by atoms with Gasteiger partial charge in [0.05, 0.1) is 16.8 Å². The van der Waals surface area contributed by atoms with Crippen LogP contribution in [0.2, 0.25) is 5.02 Å². The molecular formula is C20H21ClN2O3S. The predicted molar refractivity (Wildman–Crippen MR) is 109 cm³/mol. The van der Waals surface area contributed by atoms with Gasteiger partial charge >= 0.3 is 0 Å². The Morgan fingerprint density at radius 3 is 2.67 bits per heavy atom. The summed E-state index contributed by atoms with van der Waals surface area (Å²) in [5, 5.41) is 0.619. The standard InChI is InChI=1S/C20H21ClN2O3S/c1-13-10-14(2)19-17(11-13)27-20(23(19)8-9-25-3)22-18(24)12-26-16-6-4-15(21)5-7-16/h4-7,10-11H,8-9,12H2,1-3H3. The van der Waals surface area contributed by atoms with Gasteiger partial charge in [-0.3, -0.25) is 4.79 Å². The zero-order chi connectivity index (χ0) is 19.4. The van der Waals surface area contributed by atoms with Crippen LogP contribution in [0.25, 0.3) is 10.2 Å². The molecule has 27 heavy (non-hydrogen) atoms. The summed E-state index contributed by atoms with van der Waals surface area (Å²) in [7, 11) is 1.66. The first-order chi connectivity index (χ1) is 13.0. The third-order valence-electron chi connectivity index (χ3n) is 4.03. The number of fused-ring (bicyclic) bond motifs is 1. The molecule has 1 amide bonds. The van der Waals surface area contributed by atoms with E-state index in [0.29, 0.717) is 28.7 Å². The molecule has 0 spiro atoms. The smallest absolute Gasteiger partial charge is 0.286 e. The number of carbonyl (C=O) groups excluding carboxylic acids is 1. The second-order valence-electron chi connectivity index (χ2n) is 6.21. The minimum atomic E-state index is -0.336. The molecule has 0 radical (unpaired) electrons. The molecule has 0 aliphatic rings. The quantitative estimate of drug-likeness (QED) is 0.620. The summed E-state index contributed by atoms with van der Waals surface area (Å²) in [6.07, 6.45) is 0. The first kappa shape index (κ1) is 19.6. The lowest BCUT2D eigenvalue weighted by Crippen LogP contribution is -2.21. The highest BCUT2D eigenvalue weighted by molar-refractivity contribution is 7.16. The molecule has 1 aromatic heterocycles. The van der Waals surface area contributed by atoms with E-state index in [1.165, 1.54) is 16.9 Å².